The first kappa shape index (κ1) is 10.4. The summed E-state index contributed by atoms with van der Waals surface area (Å²) in [7, 11) is -1.05. The van der Waals surface area contributed by atoms with Crippen molar-refractivity contribution in [3.05, 3.63) is 29.8 Å². The molecule has 0 fully saturated rings. The Bertz CT molecular complexity index is 314. The molecule has 0 aliphatic rings. The first-order valence-corrected chi connectivity index (χ1v) is 5.51. The van der Waals surface area contributed by atoms with Crippen LogP contribution in [0.4, 0.5) is 0 Å². The van der Waals surface area contributed by atoms with Gasteiger partial charge in [0.1, 0.15) is 0 Å². The normalized spacial score (nSPS) is 15.3. The zero-order valence-electron chi connectivity index (χ0n) is 7.43. The fourth-order valence-electron chi connectivity index (χ4n) is 1.15. The van der Waals surface area contributed by atoms with Gasteiger partial charge in [0.05, 0.1) is 23.4 Å². The van der Waals surface area contributed by atoms with Crippen LogP contribution < -0.4 is 5.73 Å². The SMILES string of the molecule is CS(=O)c1ccccc1C(N)CO. The molecule has 0 bridgehead atoms. The zero-order chi connectivity index (χ0) is 9.84. The number of nitrogens with two attached hydrogens (primary N) is 1. The van der Waals surface area contributed by atoms with Crippen LogP contribution in [0.1, 0.15) is 11.6 Å². The first-order chi connectivity index (χ1) is 6.16. The van der Waals surface area contributed by atoms with E-state index in [2.05, 4.69) is 0 Å². The topological polar surface area (TPSA) is 63.3 Å². The van der Waals surface area contributed by atoms with Gasteiger partial charge in [0.25, 0.3) is 0 Å². The van der Waals surface area contributed by atoms with Crippen molar-refractivity contribution in [3.8, 4) is 0 Å². The van der Waals surface area contributed by atoms with Crippen LogP contribution in [0.25, 0.3) is 0 Å². The average Bonchev–Trinajstić information content (AvgIpc) is 2.16. The third-order valence-corrected chi connectivity index (χ3v) is 2.82. The molecule has 0 saturated carbocycles. The van der Waals surface area contributed by atoms with E-state index in [0.29, 0.717) is 4.90 Å². The molecule has 0 heterocycles. The molecule has 0 spiro atoms. The van der Waals surface area contributed by atoms with E-state index in [1.807, 2.05) is 12.1 Å². The fourth-order valence-corrected chi connectivity index (χ4v) is 1.97. The predicted octanol–water partition coefficient (Wildman–Crippen LogP) is 0.416. The van der Waals surface area contributed by atoms with E-state index in [1.165, 1.54) is 0 Å². The second kappa shape index (κ2) is 4.50. The summed E-state index contributed by atoms with van der Waals surface area (Å²) in [5.74, 6) is 0. The van der Waals surface area contributed by atoms with Crippen LogP contribution >= 0.6 is 0 Å². The van der Waals surface area contributed by atoms with Crippen molar-refractivity contribution in [2.24, 2.45) is 5.73 Å². The molecule has 1 aromatic rings. The lowest BCUT2D eigenvalue weighted by Crippen LogP contribution is -2.16. The summed E-state index contributed by atoms with van der Waals surface area (Å²) in [6.07, 6.45) is 1.60. The Hall–Kier alpha value is -0.710. The molecule has 2 unspecified atom stereocenters. The van der Waals surface area contributed by atoms with E-state index in [9.17, 15) is 4.21 Å². The van der Waals surface area contributed by atoms with Crippen molar-refractivity contribution in [1.82, 2.24) is 0 Å². The number of aliphatic hydroxyl groups excluding tert-OH is 1. The number of hydrogen-bond donors (Lipinski definition) is 2. The largest absolute Gasteiger partial charge is 0.394 e. The van der Waals surface area contributed by atoms with Crippen LogP contribution in [-0.2, 0) is 10.8 Å². The van der Waals surface area contributed by atoms with Crippen LogP contribution in [-0.4, -0.2) is 22.2 Å². The fraction of sp³-hybridized carbons (Fsp3) is 0.333. The molecule has 0 saturated heterocycles. The Balaban J connectivity index is 3.11. The van der Waals surface area contributed by atoms with Crippen molar-refractivity contribution in [2.75, 3.05) is 12.9 Å². The van der Waals surface area contributed by atoms with E-state index in [0.717, 1.165) is 5.56 Å². The molecule has 0 radical (unpaired) electrons. The van der Waals surface area contributed by atoms with Gasteiger partial charge in [-0.2, -0.15) is 0 Å². The molecule has 1 rings (SSSR count). The van der Waals surface area contributed by atoms with Gasteiger partial charge in [0, 0.05) is 11.2 Å². The van der Waals surface area contributed by atoms with Gasteiger partial charge >= 0.3 is 0 Å². The molecule has 3 N–H and O–H groups in total. The molecule has 4 heteroatoms. The Morgan fingerprint density at radius 1 is 1.54 bits per heavy atom. The minimum Gasteiger partial charge on any atom is -0.394 e. The van der Waals surface area contributed by atoms with Crippen LogP contribution in [0, 0.1) is 0 Å². The number of aliphatic hydroxyl groups is 1. The summed E-state index contributed by atoms with van der Waals surface area (Å²) in [5, 5.41) is 8.87. The van der Waals surface area contributed by atoms with Gasteiger partial charge in [-0.05, 0) is 11.6 Å². The summed E-state index contributed by atoms with van der Waals surface area (Å²) in [5.41, 5.74) is 6.40. The standard InChI is InChI=1S/C9H13NO2S/c1-13(12)9-5-3-2-4-7(9)8(10)6-11/h2-5,8,11H,6,10H2,1H3. The third kappa shape index (κ3) is 2.37. The summed E-state index contributed by atoms with van der Waals surface area (Å²) in [6, 6.07) is 6.74. The molecule has 0 aromatic heterocycles. The van der Waals surface area contributed by atoms with Gasteiger partial charge in [0.15, 0.2) is 0 Å². The van der Waals surface area contributed by atoms with E-state index < -0.39 is 16.8 Å². The number of benzene rings is 1. The van der Waals surface area contributed by atoms with Gasteiger partial charge in [0.2, 0.25) is 0 Å². The number of hydrogen-bond acceptors (Lipinski definition) is 3. The molecule has 0 amide bonds. The summed E-state index contributed by atoms with van der Waals surface area (Å²) in [6.45, 7) is -0.131. The van der Waals surface area contributed by atoms with Crippen LogP contribution in [0.2, 0.25) is 0 Å². The quantitative estimate of drug-likeness (QED) is 0.741. The minimum atomic E-state index is -1.05. The Morgan fingerprint density at radius 2 is 2.15 bits per heavy atom. The maximum atomic E-state index is 11.3. The van der Waals surface area contributed by atoms with Crippen LogP contribution in [0.15, 0.2) is 29.2 Å². The third-order valence-electron chi connectivity index (χ3n) is 1.82. The highest BCUT2D eigenvalue weighted by Gasteiger charge is 2.11. The van der Waals surface area contributed by atoms with Crippen molar-refractivity contribution >= 4 is 10.8 Å². The zero-order valence-corrected chi connectivity index (χ0v) is 8.25. The molecule has 0 aliphatic heterocycles. The monoisotopic (exact) mass is 199 g/mol. The predicted molar refractivity (Wildman–Crippen MR) is 52.8 cm³/mol. The van der Waals surface area contributed by atoms with Gasteiger partial charge < -0.3 is 10.8 Å². The lowest BCUT2D eigenvalue weighted by Gasteiger charge is -2.11. The summed E-state index contributed by atoms with van der Waals surface area (Å²) >= 11 is 0. The van der Waals surface area contributed by atoms with Crippen LogP contribution in [0.5, 0.6) is 0 Å². The smallest absolute Gasteiger partial charge is 0.0624 e. The molecule has 13 heavy (non-hydrogen) atoms. The number of rotatable bonds is 3. The molecular formula is C9H13NO2S. The first-order valence-electron chi connectivity index (χ1n) is 3.95. The second-order valence-electron chi connectivity index (χ2n) is 2.78. The molecule has 0 aliphatic carbocycles. The van der Waals surface area contributed by atoms with E-state index in [4.69, 9.17) is 10.8 Å². The molecule has 72 valence electrons. The molecular weight excluding hydrogens is 186 g/mol. The van der Waals surface area contributed by atoms with Crippen molar-refractivity contribution in [3.63, 3.8) is 0 Å². The van der Waals surface area contributed by atoms with E-state index in [-0.39, 0.29) is 6.61 Å². The van der Waals surface area contributed by atoms with Crippen molar-refractivity contribution in [1.29, 1.82) is 0 Å². The summed E-state index contributed by atoms with van der Waals surface area (Å²) in [4.78, 5) is 0.698. The molecule has 3 nitrogen and oxygen atoms in total. The highest BCUT2D eigenvalue weighted by Crippen LogP contribution is 2.18. The Morgan fingerprint density at radius 3 is 2.69 bits per heavy atom. The van der Waals surface area contributed by atoms with E-state index >= 15 is 0 Å². The maximum Gasteiger partial charge on any atom is 0.0624 e. The molecule has 2 atom stereocenters. The average molecular weight is 199 g/mol. The van der Waals surface area contributed by atoms with Crippen molar-refractivity contribution in [2.45, 2.75) is 10.9 Å². The lowest BCUT2D eigenvalue weighted by atomic mass is 10.1. The van der Waals surface area contributed by atoms with Gasteiger partial charge in [-0.3, -0.25) is 4.21 Å². The van der Waals surface area contributed by atoms with Gasteiger partial charge in [-0.1, -0.05) is 18.2 Å². The van der Waals surface area contributed by atoms with Gasteiger partial charge in [-0.25, -0.2) is 0 Å². The van der Waals surface area contributed by atoms with Gasteiger partial charge in [-0.15, -0.1) is 0 Å². The highest BCUT2D eigenvalue weighted by molar-refractivity contribution is 7.84. The van der Waals surface area contributed by atoms with Crippen LogP contribution in [0.3, 0.4) is 0 Å². The molecule has 1 aromatic carbocycles. The van der Waals surface area contributed by atoms with Crippen molar-refractivity contribution < 1.29 is 9.32 Å². The Kier molecular flexibility index (Phi) is 3.59. The lowest BCUT2D eigenvalue weighted by molar-refractivity contribution is 0.266. The second-order valence-corrected chi connectivity index (χ2v) is 4.13. The Labute approximate surface area is 80.0 Å². The maximum absolute atomic E-state index is 11.3. The highest BCUT2D eigenvalue weighted by atomic mass is 32.2. The van der Waals surface area contributed by atoms with E-state index in [1.54, 1.807) is 18.4 Å². The summed E-state index contributed by atoms with van der Waals surface area (Å²) < 4.78 is 11.3. The minimum absolute atomic E-state index is 0.131.